The predicted octanol–water partition coefficient (Wildman–Crippen LogP) is 4.61. The maximum atomic E-state index is 5.83. The van der Waals surface area contributed by atoms with Gasteiger partial charge in [-0.2, -0.15) is 0 Å². The number of rotatable bonds is 6. The second-order valence-electron chi connectivity index (χ2n) is 6.16. The molecule has 0 radical (unpaired) electrons. The van der Waals surface area contributed by atoms with Crippen LogP contribution in [0, 0.1) is 12.3 Å². The summed E-state index contributed by atoms with van der Waals surface area (Å²) in [6.45, 7) is 2.91. The van der Waals surface area contributed by atoms with Crippen molar-refractivity contribution in [2.45, 2.75) is 51.9 Å². The summed E-state index contributed by atoms with van der Waals surface area (Å²) in [7, 11) is 1.76. The van der Waals surface area contributed by atoms with Gasteiger partial charge in [0.05, 0.1) is 7.11 Å². The average molecular weight is 340 g/mol. The molecule has 0 unspecified atom stereocenters. The van der Waals surface area contributed by atoms with E-state index in [9.17, 15) is 0 Å². The number of nitrogens with two attached hydrogens (primary N) is 1. The number of methoxy groups -OCH3 is 1. The Morgan fingerprint density at radius 2 is 1.95 bits per heavy atom. The fraction of sp³-hybridized carbons (Fsp3) is 0.647. The van der Waals surface area contributed by atoms with Crippen LogP contribution in [0.2, 0.25) is 0 Å². The van der Waals surface area contributed by atoms with E-state index in [4.69, 9.17) is 10.5 Å². The number of halogens is 1. The molecule has 1 aromatic carbocycles. The van der Waals surface area contributed by atoms with E-state index in [2.05, 4.69) is 35.0 Å². The van der Waals surface area contributed by atoms with E-state index in [0.717, 1.165) is 18.7 Å². The number of hydrogen-bond donors (Lipinski definition) is 1. The number of aryl methyl sites for hydroxylation is 2. The lowest BCUT2D eigenvalue weighted by Crippen LogP contribution is -2.22. The van der Waals surface area contributed by atoms with Gasteiger partial charge in [0.25, 0.3) is 0 Å². The van der Waals surface area contributed by atoms with Crippen LogP contribution in [0.3, 0.4) is 0 Å². The standard InChI is InChI=1S/C17H26BrNO/c1-13-11-16(20-2)14(12-15(13)18)5-8-17(9-10-19)6-3-4-7-17/h11-12H,3-10,19H2,1-2H3. The lowest BCUT2D eigenvalue weighted by Gasteiger charge is -2.29. The lowest BCUT2D eigenvalue weighted by molar-refractivity contribution is 0.252. The van der Waals surface area contributed by atoms with Gasteiger partial charge in [0.1, 0.15) is 5.75 Å². The second-order valence-corrected chi connectivity index (χ2v) is 7.01. The fourth-order valence-corrected chi connectivity index (χ4v) is 3.93. The second kappa shape index (κ2) is 6.95. The van der Waals surface area contributed by atoms with Crippen LogP contribution < -0.4 is 10.5 Å². The Balaban J connectivity index is 2.11. The van der Waals surface area contributed by atoms with Crippen LogP contribution in [0.5, 0.6) is 5.75 Å². The summed E-state index contributed by atoms with van der Waals surface area (Å²) in [5, 5.41) is 0. The molecule has 0 amide bonds. The Kier molecular flexibility index (Phi) is 5.50. The quantitative estimate of drug-likeness (QED) is 0.821. The van der Waals surface area contributed by atoms with Gasteiger partial charge in [-0.15, -0.1) is 0 Å². The minimum atomic E-state index is 0.483. The third-order valence-corrected chi connectivity index (χ3v) is 5.68. The van der Waals surface area contributed by atoms with Crippen molar-refractivity contribution in [1.29, 1.82) is 0 Å². The Morgan fingerprint density at radius 3 is 2.55 bits per heavy atom. The summed E-state index contributed by atoms with van der Waals surface area (Å²) in [6, 6.07) is 4.35. The maximum Gasteiger partial charge on any atom is 0.122 e. The molecule has 1 saturated carbocycles. The zero-order chi connectivity index (χ0) is 14.6. The Bertz CT molecular complexity index is 453. The van der Waals surface area contributed by atoms with E-state index in [1.807, 2.05) is 0 Å². The molecule has 0 aliphatic heterocycles. The van der Waals surface area contributed by atoms with E-state index >= 15 is 0 Å². The Morgan fingerprint density at radius 1 is 1.25 bits per heavy atom. The van der Waals surface area contributed by atoms with Crippen LogP contribution in [-0.2, 0) is 6.42 Å². The van der Waals surface area contributed by atoms with Gasteiger partial charge in [0.2, 0.25) is 0 Å². The molecule has 0 heterocycles. The molecular formula is C17H26BrNO. The van der Waals surface area contributed by atoms with Gasteiger partial charge >= 0.3 is 0 Å². The van der Waals surface area contributed by atoms with Crippen LogP contribution in [0.4, 0.5) is 0 Å². The molecule has 1 aromatic rings. The zero-order valence-electron chi connectivity index (χ0n) is 12.7. The molecule has 20 heavy (non-hydrogen) atoms. The third kappa shape index (κ3) is 3.56. The van der Waals surface area contributed by atoms with Gasteiger partial charge in [-0.25, -0.2) is 0 Å². The average Bonchev–Trinajstić information content (AvgIpc) is 2.89. The largest absolute Gasteiger partial charge is 0.496 e. The summed E-state index contributed by atoms with van der Waals surface area (Å²) in [4.78, 5) is 0. The van der Waals surface area contributed by atoms with E-state index < -0.39 is 0 Å². The first-order chi connectivity index (χ1) is 9.60. The molecular weight excluding hydrogens is 314 g/mol. The minimum Gasteiger partial charge on any atom is -0.496 e. The van der Waals surface area contributed by atoms with Crippen LogP contribution in [-0.4, -0.2) is 13.7 Å². The van der Waals surface area contributed by atoms with E-state index in [1.165, 1.54) is 54.1 Å². The van der Waals surface area contributed by atoms with Gasteiger partial charge in [-0.1, -0.05) is 28.8 Å². The molecule has 1 aliphatic rings. The summed E-state index contributed by atoms with van der Waals surface area (Å²) < 4.78 is 6.72. The van der Waals surface area contributed by atoms with Gasteiger partial charge < -0.3 is 10.5 Å². The minimum absolute atomic E-state index is 0.483. The molecule has 2 N–H and O–H groups in total. The molecule has 1 fully saturated rings. The van der Waals surface area contributed by atoms with Crippen molar-refractivity contribution in [1.82, 2.24) is 0 Å². The van der Waals surface area contributed by atoms with Crippen molar-refractivity contribution in [3.8, 4) is 5.75 Å². The highest BCUT2D eigenvalue weighted by molar-refractivity contribution is 9.10. The first kappa shape index (κ1) is 15.8. The van der Waals surface area contributed by atoms with Crippen molar-refractivity contribution in [3.05, 3.63) is 27.7 Å². The van der Waals surface area contributed by atoms with Gasteiger partial charge in [0, 0.05) is 4.47 Å². The smallest absolute Gasteiger partial charge is 0.122 e. The number of benzene rings is 1. The number of ether oxygens (including phenoxy) is 1. The normalized spacial score (nSPS) is 17.4. The fourth-order valence-electron chi connectivity index (χ4n) is 3.54. The first-order valence-electron chi connectivity index (χ1n) is 7.63. The summed E-state index contributed by atoms with van der Waals surface area (Å²) in [5.74, 6) is 1.02. The Labute approximate surface area is 131 Å². The van der Waals surface area contributed by atoms with Crippen LogP contribution in [0.1, 0.15) is 49.7 Å². The summed E-state index contributed by atoms with van der Waals surface area (Å²) >= 11 is 3.63. The predicted molar refractivity (Wildman–Crippen MR) is 88.3 cm³/mol. The maximum absolute atomic E-state index is 5.83. The highest BCUT2D eigenvalue weighted by Gasteiger charge is 2.32. The molecule has 2 rings (SSSR count). The first-order valence-corrected chi connectivity index (χ1v) is 8.43. The number of hydrogen-bond acceptors (Lipinski definition) is 2. The molecule has 112 valence electrons. The molecule has 2 nitrogen and oxygen atoms in total. The van der Waals surface area contributed by atoms with Gasteiger partial charge in [-0.3, -0.25) is 0 Å². The summed E-state index contributed by atoms with van der Waals surface area (Å²) in [5.41, 5.74) is 8.85. The molecule has 0 bridgehead atoms. The van der Waals surface area contributed by atoms with Gasteiger partial charge in [0.15, 0.2) is 0 Å². The monoisotopic (exact) mass is 339 g/mol. The Hall–Kier alpha value is -0.540. The van der Waals surface area contributed by atoms with Crippen LogP contribution >= 0.6 is 15.9 Å². The van der Waals surface area contributed by atoms with E-state index in [0.29, 0.717) is 5.41 Å². The highest BCUT2D eigenvalue weighted by atomic mass is 79.9. The lowest BCUT2D eigenvalue weighted by atomic mass is 9.77. The topological polar surface area (TPSA) is 35.2 Å². The molecule has 1 aliphatic carbocycles. The van der Waals surface area contributed by atoms with Crippen molar-refractivity contribution < 1.29 is 4.74 Å². The van der Waals surface area contributed by atoms with Crippen LogP contribution in [0.25, 0.3) is 0 Å². The molecule has 0 atom stereocenters. The van der Waals surface area contributed by atoms with Crippen molar-refractivity contribution in [2.75, 3.05) is 13.7 Å². The van der Waals surface area contributed by atoms with Crippen molar-refractivity contribution in [3.63, 3.8) is 0 Å². The van der Waals surface area contributed by atoms with Crippen LogP contribution in [0.15, 0.2) is 16.6 Å². The van der Waals surface area contributed by atoms with E-state index in [-0.39, 0.29) is 0 Å². The molecule has 0 saturated heterocycles. The molecule has 0 spiro atoms. The summed E-state index contributed by atoms with van der Waals surface area (Å²) in [6.07, 6.45) is 8.92. The van der Waals surface area contributed by atoms with Crippen molar-refractivity contribution in [2.24, 2.45) is 11.1 Å². The molecule has 3 heteroatoms. The highest BCUT2D eigenvalue weighted by Crippen LogP contribution is 2.45. The molecule has 0 aromatic heterocycles. The van der Waals surface area contributed by atoms with Gasteiger partial charge in [-0.05, 0) is 74.2 Å². The zero-order valence-corrected chi connectivity index (χ0v) is 14.3. The van der Waals surface area contributed by atoms with E-state index in [1.54, 1.807) is 7.11 Å². The van der Waals surface area contributed by atoms with Crippen molar-refractivity contribution >= 4 is 15.9 Å². The third-order valence-electron chi connectivity index (χ3n) is 4.83. The SMILES string of the molecule is COc1cc(C)c(Br)cc1CCC1(CCN)CCCC1.